The molecule has 1 aromatic rings. The van der Waals surface area contributed by atoms with Crippen molar-refractivity contribution in [1.82, 2.24) is 15.2 Å². The topological polar surface area (TPSA) is 45.2 Å². The summed E-state index contributed by atoms with van der Waals surface area (Å²) in [5.74, 6) is 0.469. The van der Waals surface area contributed by atoms with Gasteiger partial charge >= 0.3 is 0 Å². The van der Waals surface area contributed by atoms with Gasteiger partial charge in [-0.3, -0.25) is 9.69 Å². The minimum atomic E-state index is -0.139. The Morgan fingerprint density at radius 1 is 1.65 bits per heavy atom. The molecule has 1 fully saturated rings. The fraction of sp³-hybridized carbons (Fsp3) is 0.385. The molecule has 1 aromatic heterocycles. The first kappa shape index (κ1) is 11.8. The smallest absolute Gasteiger partial charge is 0.269 e. The first-order valence-electron chi connectivity index (χ1n) is 5.76. The van der Waals surface area contributed by atoms with Gasteiger partial charge in [-0.05, 0) is 12.1 Å². The van der Waals surface area contributed by atoms with Crippen LogP contribution in [0, 0.1) is 5.92 Å². The van der Waals surface area contributed by atoms with Gasteiger partial charge in [0.15, 0.2) is 0 Å². The fourth-order valence-corrected chi connectivity index (χ4v) is 1.94. The predicted molar refractivity (Wildman–Crippen MR) is 66.6 cm³/mol. The first-order valence-corrected chi connectivity index (χ1v) is 5.76. The molecule has 1 aliphatic heterocycles. The van der Waals surface area contributed by atoms with Crippen LogP contribution in [0.1, 0.15) is 16.2 Å². The molecule has 0 aromatic carbocycles. The lowest BCUT2D eigenvalue weighted by atomic mass is 10.0. The molecule has 0 atom stereocenters. The van der Waals surface area contributed by atoms with Crippen molar-refractivity contribution in [3.63, 3.8) is 0 Å². The molecule has 0 spiro atoms. The van der Waals surface area contributed by atoms with E-state index >= 15 is 0 Å². The van der Waals surface area contributed by atoms with Crippen LogP contribution < -0.4 is 5.32 Å². The van der Waals surface area contributed by atoms with Gasteiger partial charge in [-0.2, -0.15) is 0 Å². The second-order valence-electron chi connectivity index (χ2n) is 4.28. The van der Waals surface area contributed by atoms with E-state index in [1.807, 2.05) is 18.2 Å². The molecule has 4 heteroatoms. The summed E-state index contributed by atoms with van der Waals surface area (Å²) < 4.78 is 0. The average molecular weight is 231 g/mol. The van der Waals surface area contributed by atoms with Gasteiger partial charge in [-0.25, -0.2) is 4.98 Å². The van der Waals surface area contributed by atoms with E-state index < -0.39 is 0 Å². The fourth-order valence-electron chi connectivity index (χ4n) is 1.94. The van der Waals surface area contributed by atoms with E-state index in [0.29, 0.717) is 11.6 Å². The van der Waals surface area contributed by atoms with Crippen LogP contribution >= 0.6 is 0 Å². The maximum Gasteiger partial charge on any atom is 0.269 e. The predicted octanol–water partition coefficient (Wildman–Crippen LogP) is 1.06. The Hall–Kier alpha value is -1.68. The van der Waals surface area contributed by atoms with E-state index in [-0.39, 0.29) is 5.91 Å². The monoisotopic (exact) mass is 231 g/mol. The van der Waals surface area contributed by atoms with Crippen molar-refractivity contribution in [2.75, 3.05) is 20.1 Å². The standard InChI is InChI=1S/C13H17N3O/c1-3-10-7-16(8-10)9-11-5-4-6-12(15-11)13(17)14-2/h3-6,10H,1,7-9H2,2H3,(H,14,17). The van der Waals surface area contributed by atoms with E-state index in [0.717, 1.165) is 25.3 Å². The van der Waals surface area contributed by atoms with Crippen molar-refractivity contribution in [3.05, 3.63) is 42.2 Å². The van der Waals surface area contributed by atoms with Gasteiger partial charge in [0.1, 0.15) is 5.69 Å². The van der Waals surface area contributed by atoms with E-state index in [9.17, 15) is 4.79 Å². The van der Waals surface area contributed by atoms with Gasteiger partial charge < -0.3 is 5.32 Å². The number of hydrogen-bond donors (Lipinski definition) is 1. The molecule has 1 aliphatic rings. The maximum atomic E-state index is 11.4. The van der Waals surface area contributed by atoms with Crippen LogP contribution in [-0.4, -0.2) is 35.9 Å². The largest absolute Gasteiger partial charge is 0.354 e. The van der Waals surface area contributed by atoms with Crippen LogP contribution in [0.2, 0.25) is 0 Å². The lowest BCUT2D eigenvalue weighted by Gasteiger charge is -2.37. The number of nitrogens with zero attached hydrogens (tertiary/aromatic N) is 2. The van der Waals surface area contributed by atoms with Crippen LogP contribution in [0.25, 0.3) is 0 Å². The highest BCUT2D eigenvalue weighted by molar-refractivity contribution is 5.91. The molecule has 0 unspecified atom stereocenters. The minimum Gasteiger partial charge on any atom is -0.354 e. The zero-order valence-electron chi connectivity index (χ0n) is 10.0. The van der Waals surface area contributed by atoms with Crippen molar-refractivity contribution in [3.8, 4) is 0 Å². The molecule has 0 radical (unpaired) electrons. The Labute approximate surface area is 101 Å². The summed E-state index contributed by atoms with van der Waals surface area (Å²) in [5.41, 5.74) is 1.42. The molecule has 1 amide bonds. The van der Waals surface area contributed by atoms with Gasteiger partial charge in [0, 0.05) is 32.6 Å². The Balaban J connectivity index is 1.97. The van der Waals surface area contributed by atoms with Crippen molar-refractivity contribution >= 4 is 5.91 Å². The lowest BCUT2D eigenvalue weighted by molar-refractivity contribution is 0.0956. The molecule has 1 N–H and O–H groups in total. The Morgan fingerprint density at radius 2 is 2.41 bits per heavy atom. The van der Waals surface area contributed by atoms with Crippen molar-refractivity contribution in [2.24, 2.45) is 5.92 Å². The van der Waals surface area contributed by atoms with Crippen LogP contribution in [-0.2, 0) is 6.54 Å². The SMILES string of the molecule is C=CC1CN(Cc2cccc(C(=O)NC)n2)C1. The summed E-state index contributed by atoms with van der Waals surface area (Å²) >= 11 is 0. The second kappa shape index (κ2) is 5.10. The average Bonchev–Trinajstić information content (AvgIpc) is 2.32. The molecule has 2 rings (SSSR count). The molecule has 90 valence electrons. The van der Waals surface area contributed by atoms with Gasteiger partial charge in [0.2, 0.25) is 0 Å². The number of carbonyl (C=O) groups is 1. The summed E-state index contributed by atoms with van der Waals surface area (Å²) in [6, 6.07) is 5.55. The highest BCUT2D eigenvalue weighted by atomic mass is 16.1. The number of nitrogens with one attached hydrogen (secondary N) is 1. The van der Waals surface area contributed by atoms with Crippen molar-refractivity contribution in [2.45, 2.75) is 6.54 Å². The number of likely N-dealkylation sites (tertiary alicyclic amines) is 1. The molecule has 1 saturated heterocycles. The van der Waals surface area contributed by atoms with Crippen LogP contribution in [0.5, 0.6) is 0 Å². The molecule has 0 bridgehead atoms. The summed E-state index contributed by atoms with van der Waals surface area (Å²) in [5, 5.41) is 2.58. The number of carbonyl (C=O) groups excluding carboxylic acids is 1. The van der Waals surface area contributed by atoms with E-state index in [2.05, 4.69) is 21.8 Å². The molecule has 0 aliphatic carbocycles. The molecular weight excluding hydrogens is 214 g/mol. The normalized spacial score (nSPS) is 16.3. The Bertz CT molecular complexity index is 424. The number of rotatable bonds is 4. The minimum absolute atomic E-state index is 0.139. The van der Waals surface area contributed by atoms with E-state index in [1.165, 1.54) is 0 Å². The van der Waals surface area contributed by atoms with Gasteiger partial charge in [0.05, 0.1) is 5.69 Å². The van der Waals surface area contributed by atoms with Crippen molar-refractivity contribution in [1.29, 1.82) is 0 Å². The number of hydrogen-bond acceptors (Lipinski definition) is 3. The summed E-state index contributed by atoms with van der Waals surface area (Å²) in [6.07, 6.45) is 1.99. The second-order valence-corrected chi connectivity index (χ2v) is 4.28. The maximum absolute atomic E-state index is 11.4. The third kappa shape index (κ3) is 2.71. The van der Waals surface area contributed by atoms with E-state index in [4.69, 9.17) is 0 Å². The zero-order valence-corrected chi connectivity index (χ0v) is 10.0. The zero-order chi connectivity index (χ0) is 12.3. The lowest BCUT2D eigenvalue weighted by Crippen LogP contribution is -2.44. The Kier molecular flexibility index (Phi) is 3.54. The van der Waals surface area contributed by atoms with Crippen LogP contribution in [0.15, 0.2) is 30.9 Å². The molecule has 4 nitrogen and oxygen atoms in total. The van der Waals surface area contributed by atoms with Gasteiger partial charge in [-0.1, -0.05) is 12.1 Å². The highest BCUT2D eigenvalue weighted by Gasteiger charge is 2.24. The molecule has 0 saturated carbocycles. The van der Waals surface area contributed by atoms with Crippen LogP contribution in [0.4, 0.5) is 0 Å². The van der Waals surface area contributed by atoms with E-state index in [1.54, 1.807) is 13.1 Å². The third-order valence-corrected chi connectivity index (χ3v) is 2.97. The summed E-state index contributed by atoms with van der Waals surface area (Å²) in [4.78, 5) is 18.1. The summed E-state index contributed by atoms with van der Waals surface area (Å²) in [7, 11) is 1.61. The molecular formula is C13H17N3O. The number of aromatic nitrogens is 1. The first-order chi connectivity index (χ1) is 8.22. The van der Waals surface area contributed by atoms with Gasteiger partial charge in [-0.15, -0.1) is 6.58 Å². The molecule has 17 heavy (non-hydrogen) atoms. The number of amides is 1. The third-order valence-electron chi connectivity index (χ3n) is 2.97. The number of pyridine rings is 1. The Morgan fingerprint density at radius 3 is 3.06 bits per heavy atom. The molecule has 2 heterocycles. The van der Waals surface area contributed by atoms with Crippen LogP contribution in [0.3, 0.4) is 0 Å². The van der Waals surface area contributed by atoms with Gasteiger partial charge in [0.25, 0.3) is 5.91 Å². The van der Waals surface area contributed by atoms with Crippen molar-refractivity contribution < 1.29 is 4.79 Å². The highest BCUT2D eigenvalue weighted by Crippen LogP contribution is 2.18. The quantitative estimate of drug-likeness (QED) is 0.788. The summed E-state index contributed by atoms with van der Waals surface area (Å²) in [6.45, 7) is 6.65.